The van der Waals surface area contributed by atoms with E-state index in [1.54, 1.807) is 36.4 Å². The lowest BCUT2D eigenvalue weighted by molar-refractivity contribution is -0.121. The van der Waals surface area contributed by atoms with Gasteiger partial charge in [-0.25, -0.2) is 9.97 Å². The van der Waals surface area contributed by atoms with Gasteiger partial charge in [-0.15, -0.1) is 0 Å². The average molecular weight is 658 g/mol. The molecule has 8 rings (SSSR count). The summed E-state index contributed by atoms with van der Waals surface area (Å²) < 4.78 is 10.4. The Labute approximate surface area is 278 Å². The topological polar surface area (TPSA) is 84.9 Å². The molecule has 0 radical (unpaired) electrons. The van der Waals surface area contributed by atoms with Crippen LogP contribution >= 0.6 is 23.2 Å². The van der Waals surface area contributed by atoms with Crippen molar-refractivity contribution in [2.75, 3.05) is 24.0 Å². The van der Waals surface area contributed by atoms with Crippen LogP contribution in [0.25, 0.3) is 0 Å². The van der Waals surface area contributed by atoms with Gasteiger partial charge in [-0.1, -0.05) is 61.3 Å². The van der Waals surface area contributed by atoms with Crippen molar-refractivity contribution < 1.29 is 19.1 Å². The number of carbonyl (C=O) groups excluding carboxylic acids is 2. The number of anilines is 2. The van der Waals surface area contributed by atoms with Crippen LogP contribution < -0.4 is 19.3 Å². The summed E-state index contributed by atoms with van der Waals surface area (Å²) in [5.41, 5.74) is 3.26. The quantitative estimate of drug-likeness (QED) is 0.219. The van der Waals surface area contributed by atoms with Crippen molar-refractivity contribution in [2.45, 2.75) is 50.6 Å². The Morgan fingerprint density at radius 3 is 1.35 bits per heavy atom. The van der Waals surface area contributed by atoms with Crippen molar-refractivity contribution in [3.8, 4) is 11.5 Å². The molecule has 2 spiro atoms. The van der Waals surface area contributed by atoms with Crippen molar-refractivity contribution in [3.63, 3.8) is 0 Å². The number of amides is 2. The third kappa shape index (κ3) is 4.81. The molecule has 4 aliphatic rings. The van der Waals surface area contributed by atoms with Gasteiger partial charge in [0.1, 0.15) is 23.1 Å². The predicted octanol–water partition coefficient (Wildman–Crippen LogP) is 7.14. The molecule has 2 aliphatic carbocycles. The Balaban J connectivity index is 0.000000147. The number of benzene rings is 2. The highest BCUT2D eigenvalue weighted by Gasteiger charge is 2.66. The van der Waals surface area contributed by atoms with Crippen molar-refractivity contribution in [1.29, 1.82) is 0 Å². The van der Waals surface area contributed by atoms with E-state index in [4.69, 9.17) is 32.7 Å². The predicted molar refractivity (Wildman–Crippen MR) is 178 cm³/mol. The fraction of sp³-hybridized carbons (Fsp3) is 0.333. The summed E-state index contributed by atoms with van der Waals surface area (Å²) in [6, 6.07) is 19.3. The lowest BCUT2D eigenvalue weighted by Gasteiger charge is -2.17. The van der Waals surface area contributed by atoms with Gasteiger partial charge in [0.25, 0.3) is 0 Å². The fourth-order valence-electron chi connectivity index (χ4n) is 7.17. The van der Waals surface area contributed by atoms with Gasteiger partial charge in [0.05, 0.1) is 48.2 Å². The zero-order valence-corrected chi connectivity index (χ0v) is 27.6. The highest BCUT2D eigenvalue weighted by Crippen LogP contribution is 2.62. The summed E-state index contributed by atoms with van der Waals surface area (Å²) in [4.78, 5) is 38.5. The average Bonchev–Trinajstić information content (AvgIpc) is 3.92. The second-order valence-corrected chi connectivity index (χ2v) is 13.6. The van der Waals surface area contributed by atoms with Gasteiger partial charge in [-0.05, 0) is 72.2 Å². The fourth-order valence-corrected chi connectivity index (χ4v) is 7.49. The minimum absolute atomic E-state index is 0.144. The van der Waals surface area contributed by atoms with Crippen molar-refractivity contribution >= 4 is 46.7 Å². The van der Waals surface area contributed by atoms with Gasteiger partial charge in [0, 0.05) is 23.5 Å². The first kappa shape index (κ1) is 30.5. The molecule has 2 aliphatic heterocycles. The Hall–Kier alpha value is -4.14. The summed E-state index contributed by atoms with van der Waals surface area (Å²) in [6.07, 6.45) is 4.97. The molecule has 2 fully saturated rings. The maximum Gasteiger partial charge on any atom is 0.239 e. The summed E-state index contributed by atoms with van der Waals surface area (Å²) in [6.45, 7) is 5.25. The Morgan fingerprint density at radius 1 is 0.696 bits per heavy atom. The Kier molecular flexibility index (Phi) is 7.48. The number of halogens is 2. The minimum atomic E-state index is -0.403. The van der Waals surface area contributed by atoms with Crippen molar-refractivity contribution in [2.24, 2.45) is 11.8 Å². The van der Waals surface area contributed by atoms with E-state index in [2.05, 4.69) is 23.8 Å². The van der Waals surface area contributed by atoms with Crippen LogP contribution in [-0.4, -0.2) is 36.0 Å². The molecule has 2 amide bonds. The first-order chi connectivity index (χ1) is 22.1. The molecule has 4 heterocycles. The maximum atomic E-state index is 13.0. The molecule has 8 nitrogen and oxygen atoms in total. The molecule has 236 valence electrons. The summed E-state index contributed by atoms with van der Waals surface area (Å²) in [7, 11) is 3.28. The molecule has 0 bridgehead atoms. The molecule has 46 heavy (non-hydrogen) atoms. The molecular weight excluding hydrogens is 623 g/mol. The highest BCUT2D eigenvalue weighted by atomic mass is 35.5. The van der Waals surface area contributed by atoms with Gasteiger partial charge < -0.3 is 9.47 Å². The molecule has 0 unspecified atom stereocenters. The zero-order chi connectivity index (χ0) is 32.4. The Morgan fingerprint density at radius 2 is 1.04 bits per heavy atom. The van der Waals surface area contributed by atoms with Gasteiger partial charge in [0.2, 0.25) is 11.8 Å². The first-order valence-corrected chi connectivity index (χ1v) is 16.1. The summed E-state index contributed by atoms with van der Waals surface area (Å²) in [5.74, 6) is 4.08. The SMILES string of the molecule is COc1ccc(CN2C(=O)[C@@]3(C[C@@H]3C)c3cc(Cl)cnc32)cc1.COc1ccc(CN2C(=O)[C@@]3(C[C@H]3C)c3cc(Cl)cnc32)cc1. The lowest BCUT2D eigenvalue weighted by Crippen LogP contribution is -2.32. The molecule has 0 N–H and O–H groups in total. The van der Waals surface area contributed by atoms with Gasteiger partial charge in [-0.2, -0.15) is 0 Å². The van der Waals surface area contributed by atoms with Crippen LogP contribution in [0, 0.1) is 11.8 Å². The molecule has 4 aromatic rings. The molecule has 2 saturated carbocycles. The van der Waals surface area contributed by atoms with Crippen LogP contribution in [0.4, 0.5) is 11.6 Å². The summed E-state index contributed by atoms with van der Waals surface area (Å²) >= 11 is 12.2. The van der Waals surface area contributed by atoms with Gasteiger partial charge in [0.15, 0.2) is 0 Å². The minimum Gasteiger partial charge on any atom is -0.497 e. The van der Waals surface area contributed by atoms with E-state index < -0.39 is 10.8 Å². The van der Waals surface area contributed by atoms with Crippen LogP contribution in [0.5, 0.6) is 11.5 Å². The van der Waals surface area contributed by atoms with Crippen molar-refractivity contribution in [3.05, 3.63) is 105 Å². The van der Waals surface area contributed by atoms with E-state index in [-0.39, 0.29) is 11.8 Å². The Bertz CT molecular complexity index is 1720. The van der Waals surface area contributed by atoms with Crippen LogP contribution in [0.15, 0.2) is 73.1 Å². The number of methoxy groups -OCH3 is 2. The first-order valence-electron chi connectivity index (χ1n) is 15.3. The monoisotopic (exact) mass is 656 g/mol. The van der Waals surface area contributed by atoms with Crippen LogP contribution in [0.1, 0.15) is 48.9 Å². The smallest absolute Gasteiger partial charge is 0.239 e. The normalized spacial score (nSPS) is 24.9. The second-order valence-electron chi connectivity index (χ2n) is 12.7. The van der Waals surface area contributed by atoms with Crippen LogP contribution in [0.3, 0.4) is 0 Å². The third-order valence-corrected chi connectivity index (χ3v) is 10.4. The second kappa shape index (κ2) is 11.3. The standard InChI is InChI=1S/2C18H17ClN2O2/c2*1-11-8-18(11)15-7-13(19)9-20-16(15)21(17(18)22)10-12-3-5-14(23-2)6-4-12/h2*3-7,9,11H,8,10H2,1-2H3/t11-,18+;11-,18-/m01/s1. The van der Waals surface area contributed by atoms with E-state index in [1.807, 2.05) is 60.7 Å². The largest absolute Gasteiger partial charge is 0.497 e. The number of fused-ring (bicyclic) bond motifs is 4. The number of carbonyl (C=O) groups is 2. The number of rotatable bonds is 6. The van der Waals surface area contributed by atoms with E-state index in [1.165, 1.54) is 0 Å². The lowest BCUT2D eigenvalue weighted by atomic mass is 9.97. The van der Waals surface area contributed by atoms with Gasteiger partial charge >= 0.3 is 0 Å². The number of ether oxygens (including phenoxy) is 2. The molecule has 2 aromatic carbocycles. The number of aromatic nitrogens is 2. The maximum absolute atomic E-state index is 13.0. The number of hydrogen-bond donors (Lipinski definition) is 0. The third-order valence-electron chi connectivity index (χ3n) is 10.0. The molecular formula is C36H34Cl2N4O4. The van der Waals surface area contributed by atoms with E-state index in [0.717, 1.165) is 58.2 Å². The molecule has 10 heteroatoms. The highest BCUT2D eigenvalue weighted by molar-refractivity contribution is 6.31. The summed E-state index contributed by atoms with van der Waals surface area (Å²) in [5, 5.41) is 1.17. The molecule has 0 saturated heterocycles. The molecule has 2 aromatic heterocycles. The van der Waals surface area contributed by atoms with Crippen molar-refractivity contribution in [1.82, 2.24) is 9.97 Å². The van der Waals surface area contributed by atoms with E-state index in [9.17, 15) is 9.59 Å². The van der Waals surface area contributed by atoms with E-state index >= 15 is 0 Å². The van der Waals surface area contributed by atoms with E-state index in [0.29, 0.717) is 35.0 Å². The number of nitrogens with zero attached hydrogens (tertiary/aromatic N) is 4. The zero-order valence-electron chi connectivity index (χ0n) is 26.1. The number of hydrogen-bond acceptors (Lipinski definition) is 6. The van der Waals surface area contributed by atoms with Crippen LogP contribution in [-0.2, 0) is 33.5 Å². The van der Waals surface area contributed by atoms with Crippen LogP contribution in [0.2, 0.25) is 10.0 Å². The van der Waals surface area contributed by atoms with Gasteiger partial charge in [-0.3, -0.25) is 19.4 Å². The number of pyridine rings is 2. The molecule has 4 atom stereocenters.